The molecule has 1 atom stereocenters. The molecule has 11 nitrogen and oxygen atoms in total. The fourth-order valence-corrected chi connectivity index (χ4v) is 9.48. The lowest BCUT2D eigenvalue weighted by Crippen LogP contribution is -2.40. The van der Waals surface area contributed by atoms with Crippen LogP contribution >= 0.6 is 10.7 Å². The second-order valence-corrected chi connectivity index (χ2v) is 19.5. The highest BCUT2D eigenvalue weighted by molar-refractivity contribution is 8.13. The molecule has 2 aliphatic rings. The summed E-state index contributed by atoms with van der Waals surface area (Å²) < 4.78 is 54.2. The van der Waals surface area contributed by atoms with Gasteiger partial charge in [0.25, 0.3) is 19.1 Å². The van der Waals surface area contributed by atoms with E-state index in [0.29, 0.717) is 16.3 Å². The van der Waals surface area contributed by atoms with Crippen molar-refractivity contribution < 1.29 is 26.4 Å². The van der Waals surface area contributed by atoms with Crippen molar-refractivity contribution in [3.8, 4) is 0 Å². The number of likely N-dealkylation sites (tertiary alicyclic amines) is 1. The zero-order valence-electron chi connectivity index (χ0n) is 31.8. The molecule has 6 aromatic rings. The van der Waals surface area contributed by atoms with Gasteiger partial charge >= 0.3 is 6.09 Å². The number of nitrogens with one attached hydrogen (secondary N) is 1. The molecule has 14 heteroatoms. The molecule has 56 heavy (non-hydrogen) atoms. The predicted octanol–water partition coefficient (Wildman–Crippen LogP) is 9.12. The van der Waals surface area contributed by atoms with Crippen LogP contribution in [0.2, 0.25) is 0 Å². The number of pyridine rings is 2. The minimum atomic E-state index is -3.60. The number of nitrogens with zero attached hydrogens (tertiary/aromatic N) is 4. The van der Waals surface area contributed by atoms with Crippen molar-refractivity contribution in [1.29, 1.82) is 0 Å². The first-order chi connectivity index (χ1) is 26.7. The Hall–Kier alpha value is -4.72. The van der Waals surface area contributed by atoms with Gasteiger partial charge in [-0.15, -0.1) is 0 Å². The number of aromatic amines is 1. The second kappa shape index (κ2) is 17.6. The topological polar surface area (TPSA) is 144 Å². The minimum Gasteiger partial charge on any atom is -0.444 e. The predicted molar refractivity (Wildman–Crippen MR) is 220 cm³/mol. The summed E-state index contributed by atoms with van der Waals surface area (Å²) in [6.45, 7) is 6.48. The smallest absolute Gasteiger partial charge is 0.410 e. The van der Waals surface area contributed by atoms with Crippen LogP contribution in [0.1, 0.15) is 70.4 Å². The number of halogens is 1. The normalized spacial score (nSPS) is 16.3. The highest BCUT2D eigenvalue weighted by atomic mass is 35.7. The number of amides is 1. The summed E-state index contributed by atoms with van der Waals surface area (Å²) >= 11 is 0. The molecule has 0 bridgehead atoms. The lowest BCUT2D eigenvalue weighted by Gasteiger charge is -2.28. The van der Waals surface area contributed by atoms with Crippen LogP contribution in [-0.4, -0.2) is 64.9 Å². The van der Waals surface area contributed by atoms with Crippen LogP contribution in [0.3, 0.4) is 0 Å². The summed E-state index contributed by atoms with van der Waals surface area (Å²) in [7, 11) is -2.10. The zero-order chi connectivity index (χ0) is 39.9. The lowest BCUT2D eigenvalue weighted by molar-refractivity contribution is 0.0227. The molecule has 1 N–H and O–H groups in total. The zero-order valence-corrected chi connectivity index (χ0v) is 34.2. The van der Waals surface area contributed by atoms with E-state index in [0.717, 1.165) is 59.9 Å². The molecular formula is C42H48ClN5O6S2. The number of aromatic nitrogens is 4. The summed E-state index contributed by atoms with van der Waals surface area (Å²) in [6.07, 6.45) is 15.9. The van der Waals surface area contributed by atoms with Crippen LogP contribution in [0.15, 0.2) is 120 Å². The molecule has 1 saturated heterocycles. The molecular weight excluding hydrogens is 770 g/mol. The molecule has 1 aliphatic heterocycles. The third kappa shape index (κ3) is 10.2. The quantitative estimate of drug-likeness (QED) is 0.157. The summed E-state index contributed by atoms with van der Waals surface area (Å²) in [5.41, 5.74) is 5.26. The van der Waals surface area contributed by atoms with Gasteiger partial charge in [-0.2, -0.15) is 0 Å². The van der Waals surface area contributed by atoms with Crippen molar-refractivity contribution in [2.75, 3.05) is 6.54 Å². The maximum absolute atomic E-state index is 13.0. The number of benzene rings is 2. The second-order valence-electron chi connectivity index (χ2n) is 15.1. The summed E-state index contributed by atoms with van der Waals surface area (Å²) in [5.74, 6) is 0.644. The summed E-state index contributed by atoms with van der Waals surface area (Å²) in [4.78, 5) is 26.8. The minimum absolute atomic E-state index is 0.136. The SMILES string of the molecule is CC(C)(C)OC(=O)N1CCCC1Cc1c[nH]c2cccnc12.O=S(=O)(Cl)c1ccccc1.O=S(=O)(c1ccccc1)n1cc(CC2CCCC2)c2ncccc21. The van der Waals surface area contributed by atoms with E-state index in [4.69, 9.17) is 15.4 Å². The monoisotopic (exact) mass is 817 g/mol. The fourth-order valence-electron chi connectivity index (χ4n) is 7.29. The molecule has 2 fully saturated rings. The molecule has 5 heterocycles. The van der Waals surface area contributed by atoms with E-state index in [-0.39, 0.29) is 17.0 Å². The molecule has 4 aromatic heterocycles. The Morgan fingerprint density at radius 2 is 1.41 bits per heavy atom. The molecule has 0 radical (unpaired) electrons. The first-order valence-corrected chi connectivity index (χ1v) is 22.6. The van der Waals surface area contributed by atoms with E-state index >= 15 is 0 Å². The number of fused-ring (bicyclic) bond motifs is 2. The molecule has 1 saturated carbocycles. The van der Waals surface area contributed by atoms with Crippen molar-refractivity contribution in [3.63, 3.8) is 0 Å². The van der Waals surface area contributed by atoms with Crippen molar-refractivity contribution in [3.05, 3.63) is 121 Å². The standard InChI is InChI=1S/C19H20N2O2S.C17H23N3O2.C6H5ClO2S/c22-24(23,17-9-2-1-3-10-17)21-14-16(13-15-7-4-5-8-15)19-18(21)11-6-12-20-19;1-17(2,3)22-16(21)20-9-5-6-13(20)10-12-11-19-14-7-4-8-18-15(12)14;7-10(8,9)6-4-2-1-3-5-6/h1-3,6,9-12,14-15H,4-5,7-8,13H2;4,7-8,11,13,19H,5-6,9-10H2,1-3H3;1-5H. The number of carbonyl (C=O) groups is 1. The molecule has 8 rings (SSSR count). The van der Waals surface area contributed by atoms with E-state index in [1.165, 1.54) is 41.8 Å². The van der Waals surface area contributed by atoms with E-state index in [9.17, 15) is 21.6 Å². The van der Waals surface area contributed by atoms with E-state index < -0.39 is 24.7 Å². The Kier molecular flexibility index (Phi) is 12.9. The van der Waals surface area contributed by atoms with Crippen LogP contribution in [0.5, 0.6) is 0 Å². The third-order valence-corrected chi connectivity index (χ3v) is 12.9. The van der Waals surface area contributed by atoms with Crippen LogP contribution in [-0.2, 0) is 36.7 Å². The van der Waals surface area contributed by atoms with Crippen LogP contribution in [0.4, 0.5) is 4.79 Å². The van der Waals surface area contributed by atoms with Crippen LogP contribution < -0.4 is 0 Å². The average Bonchev–Trinajstić information content (AvgIpc) is 4.01. The number of ether oxygens (including phenoxy) is 1. The maximum atomic E-state index is 13.0. The molecule has 0 spiro atoms. The van der Waals surface area contributed by atoms with Crippen molar-refractivity contribution in [2.45, 2.75) is 93.6 Å². The van der Waals surface area contributed by atoms with Crippen molar-refractivity contribution in [1.82, 2.24) is 23.8 Å². The number of H-pyrrole nitrogens is 1. The van der Waals surface area contributed by atoms with Gasteiger partial charge in [-0.3, -0.25) is 9.97 Å². The van der Waals surface area contributed by atoms with Crippen molar-refractivity contribution >= 4 is 57.9 Å². The van der Waals surface area contributed by atoms with Gasteiger partial charge in [0.05, 0.1) is 31.9 Å². The first kappa shape index (κ1) is 40.9. The molecule has 2 aromatic carbocycles. The molecule has 1 aliphatic carbocycles. The van der Waals surface area contributed by atoms with Crippen molar-refractivity contribution in [2.24, 2.45) is 5.92 Å². The highest BCUT2D eigenvalue weighted by Gasteiger charge is 2.33. The Balaban J connectivity index is 0.000000154. The van der Waals surface area contributed by atoms with Crippen LogP contribution in [0.25, 0.3) is 22.1 Å². The van der Waals surface area contributed by atoms with Gasteiger partial charge in [0, 0.05) is 48.1 Å². The largest absolute Gasteiger partial charge is 0.444 e. The van der Waals surface area contributed by atoms with Gasteiger partial charge in [-0.1, -0.05) is 62.1 Å². The Bertz CT molecular complexity index is 2460. The van der Waals surface area contributed by atoms with Gasteiger partial charge in [-0.25, -0.2) is 25.6 Å². The number of hydrogen-bond acceptors (Lipinski definition) is 8. The van der Waals surface area contributed by atoms with Gasteiger partial charge in [0.1, 0.15) is 5.60 Å². The van der Waals surface area contributed by atoms with Crippen LogP contribution in [0, 0.1) is 5.92 Å². The number of carbonyl (C=O) groups excluding carboxylic acids is 1. The average molecular weight is 818 g/mol. The first-order valence-electron chi connectivity index (χ1n) is 18.9. The maximum Gasteiger partial charge on any atom is 0.410 e. The van der Waals surface area contributed by atoms with E-state index in [1.807, 2.05) is 56.1 Å². The van der Waals surface area contributed by atoms with Gasteiger partial charge < -0.3 is 14.6 Å². The van der Waals surface area contributed by atoms with E-state index in [1.54, 1.807) is 67.1 Å². The Morgan fingerprint density at radius 1 is 0.786 bits per heavy atom. The highest BCUT2D eigenvalue weighted by Crippen LogP contribution is 2.32. The summed E-state index contributed by atoms with van der Waals surface area (Å²) in [6, 6.07) is 24.2. The van der Waals surface area contributed by atoms with E-state index in [2.05, 4.69) is 15.0 Å². The summed E-state index contributed by atoms with van der Waals surface area (Å²) in [5, 5.41) is 0. The number of rotatable bonds is 7. The lowest BCUT2D eigenvalue weighted by atomic mass is 9.99. The molecule has 296 valence electrons. The van der Waals surface area contributed by atoms with Gasteiger partial charge in [0.2, 0.25) is 0 Å². The molecule has 1 unspecified atom stereocenters. The van der Waals surface area contributed by atoms with Gasteiger partial charge in [0.15, 0.2) is 0 Å². The van der Waals surface area contributed by atoms with Gasteiger partial charge in [-0.05, 0) is 112 Å². The Morgan fingerprint density at radius 3 is 2.04 bits per heavy atom. The fraction of sp³-hybridized carbons (Fsp3) is 0.357. The molecule has 1 amide bonds. The third-order valence-electron chi connectivity index (χ3n) is 9.88. The number of hydrogen-bond donors (Lipinski definition) is 1. The Labute approximate surface area is 333 Å².